The van der Waals surface area contributed by atoms with E-state index in [1.807, 2.05) is 0 Å². The van der Waals surface area contributed by atoms with Crippen LogP contribution in [0.4, 0.5) is 0 Å². The van der Waals surface area contributed by atoms with Gasteiger partial charge in [-0.1, -0.05) is 60.6 Å². The number of fused-ring (bicyclic) bond motifs is 2. The molecule has 0 aromatic heterocycles. The van der Waals surface area contributed by atoms with E-state index in [9.17, 15) is 5.11 Å². The van der Waals surface area contributed by atoms with Gasteiger partial charge < -0.3 is 5.11 Å². The molecule has 5 rings (SSSR count). The number of hydrogen-bond donors (Lipinski definition) is 1. The second-order valence-electron chi connectivity index (χ2n) is 14.9. The zero-order chi connectivity index (χ0) is 23.3. The summed E-state index contributed by atoms with van der Waals surface area (Å²) in [6, 6.07) is 0. The van der Waals surface area contributed by atoms with Crippen molar-refractivity contribution in [3.63, 3.8) is 0 Å². The van der Waals surface area contributed by atoms with Gasteiger partial charge >= 0.3 is 0 Å². The molecule has 5 aliphatic carbocycles. The van der Waals surface area contributed by atoms with E-state index in [-0.39, 0.29) is 11.5 Å². The number of rotatable bonds is 5. The first-order valence-electron chi connectivity index (χ1n) is 14.2. The molecule has 1 N–H and O–H groups in total. The fourth-order valence-corrected chi connectivity index (χ4v) is 11.2. The first kappa shape index (κ1) is 23.4. The molecule has 0 radical (unpaired) electrons. The predicted octanol–water partition coefficient (Wildman–Crippen LogP) is 8.41. The third-order valence-corrected chi connectivity index (χ3v) is 13.6. The van der Waals surface area contributed by atoms with E-state index in [0.717, 1.165) is 30.1 Å². The topological polar surface area (TPSA) is 20.2 Å². The van der Waals surface area contributed by atoms with Crippen LogP contribution in [0.3, 0.4) is 0 Å². The number of hydrogen-bond acceptors (Lipinski definition) is 1. The van der Waals surface area contributed by atoms with E-state index in [4.69, 9.17) is 0 Å². The Balaban J connectivity index is 1.39. The minimum Gasteiger partial charge on any atom is -0.393 e. The van der Waals surface area contributed by atoms with Crippen LogP contribution in [0.1, 0.15) is 119 Å². The second-order valence-corrected chi connectivity index (χ2v) is 14.9. The number of aliphatic hydroxyl groups excluding tert-OH is 1. The lowest BCUT2D eigenvalue weighted by atomic mass is 9.41. The minimum atomic E-state index is -0.0888. The lowest BCUT2D eigenvalue weighted by Gasteiger charge is -2.63. The summed E-state index contributed by atoms with van der Waals surface area (Å²) in [4.78, 5) is 0. The molecule has 1 heteroatoms. The predicted molar refractivity (Wildman–Crippen MR) is 135 cm³/mol. The zero-order valence-electron chi connectivity index (χ0n) is 22.4. The van der Waals surface area contributed by atoms with Crippen molar-refractivity contribution < 1.29 is 5.11 Å². The van der Waals surface area contributed by atoms with Crippen molar-refractivity contribution in [2.45, 2.75) is 125 Å². The Labute approximate surface area is 199 Å². The molecule has 0 amide bonds. The summed E-state index contributed by atoms with van der Waals surface area (Å²) >= 11 is 0. The third kappa shape index (κ3) is 2.73. The van der Waals surface area contributed by atoms with Crippen LogP contribution in [-0.4, -0.2) is 11.2 Å². The third-order valence-electron chi connectivity index (χ3n) is 13.6. The monoisotopic (exact) mass is 440 g/mol. The van der Waals surface area contributed by atoms with Crippen molar-refractivity contribution in [2.24, 2.45) is 56.7 Å². The molecule has 9 atom stereocenters. The first-order chi connectivity index (χ1) is 14.9. The van der Waals surface area contributed by atoms with Crippen LogP contribution in [0.2, 0.25) is 0 Å². The van der Waals surface area contributed by atoms with E-state index < -0.39 is 0 Å². The van der Waals surface area contributed by atoms with Gasteiger partial charge in [0.25, 0.3) is 0 Å². The molecule has 5 aliphatic rings. The molecule has 0 aromatic carbocycles. The van der Waals surface area contributed by atoms with Crippen LogP contribution in [-0.2, 0) is 0 Å². The molecule has 32 heavy (non-hydrogen) atoms. The van der Waals surface area contributed by atoms with Gasteiger partial charge in [-0.2, -0.15) is 0 Å². The van der Waals surface area contributed by atoms with Crippen LogP contribution in [0.25, 0.3) is 0 Å². The largest absolute Gasteiger partial charge is 0.393 e. The van der Waals surface area contributed by atoms with Crippen molar-refractivity contribution in [3.8, 4) is 0 Å². The fourth-order valence-electron chi connectivity index (χ4n) is 11.2. The van der Waals surface area contributed by atoms with Crippen molar-refractivity contribution in [3.05, 3.63) is 12.2 Å². The van der Waals surface area contributed by atoms with E-state index in [1.165, 1.54) is 69.8 Å². The van der Waals surface area contributed by atoms with Gasteiger partial charge in [0.1, 0.15) is 0 Å². The van der Waals surface area contributed by atoms with Crippen molar-refractivity contribution >= 4 is 0 Å². The molecular formula is C31H52O. The lowest BCUT2D eigenvalue weighted by molar-refractivity contribution is -0.161. The van der Waals surface area contributed by atoms with Crippen LogP contribution >= 0.6 is 0 Å². The highest BCUT2D eigenvalue weighted by molar-refractivity contribution is 5.30. The summed E-state index contributed by atoms with van der Waals surface area (Å²) < 4.78 is 0. The molecule has 0 bridgehead atoms. The molecule has 0 saturated heterocycles. The first-order valence-corrected chi connectivity index (χ1v) is 14.2. The quantitative estimate of drug-likeness (QED) is 0.425. The lowest BCUT2D eigenvalue weighted by Crippen LogP contribution is -2.57. The molecule has 0 aromatic rings. The van der Waals surface area contributed by atoms with E-state index in [1.54, 1.807) is 0 Å². The van der Waals surface area contributed by atoms with E-state index in [0.29, 0.717) is 27.6 Å². The Morgan fingerprint density at radius 1 is 0.844 bits per heavy atom. The van der Waals surface area contributed by atoms with Crippen LogP contribution in [0, 0.1) is 56.7 Å². The second kappa shape index (κ2) is 7.11. The summed E-state index contributed by atoms with van der Waals surface area (Å²) in [7, 11) is 0. The maximum absolute atomic E-state index is 10.9. The van der Waals surface area contributed by atoms with Gasteiger partial charge in [-0.3, -0.25) is 0 Å². The number of allylic oxidation sites excluding steroid dienone is 1. The molecule has 0 aliphatic heterocycles. The van der Waals surface area contributed by atoms with Gasteiger partial charge in [0, 0.05) is 0 Å². The average Bonchev–Trinajstić information content (AvgIpc) is 3.31. The Hall–Kier alpha value is -0.300. The Bertz CT molecular complexity index is 779. The molecule has 0 unspecified atom stereocenters. The smallest absolute Gasteiger partial charge is 0.0594 e. The summed E-state index contributed by atoms with van der Waals surface area (Å²) in [6.45, 7) is 21.8. The maximum atomic E-state index is 10.9. The van der Waals surface area contributed by atoms with Gasteiger partial charge in [-0.25, -0.2) is 0 Å². The SMILES string of the molecule is C=C(CC[C@@H](C)[C@H]1CC[C@@]2(C)[C@@H]3CC[C@H]4C(C)(C)[C@@H](O)CC[C@]45C[C@]35CC[C@@]12C)C(C)C. The van der Waals surface area contributed by atoms with Gasteiger partial charge in [0.2, 0.25) is 0 Å². The van der Waals surface area contributed by atoms with Crippen molar-refractivity contribution in [1.29, 1.82) is 0 Å². The summed E-state index contributed by atoms with van der Waals surface area (Å²) in [5, 5.41) is 10.9. The molecule has 2 spiro atoms. The summed E-state index contributed by atoms with van der Waals surface area (Å²) in [5.74, 6) is 4.02. The van der Waals surface area contributed by atoms with Crippen LogP contribution in [0.15, 0.2) is 12.2 Å². The highest BCUT2D eigenvalue weighted by Gasteiger charge is 2.82. The molecular weight excluding hydrogens is 388 g/mol. The normalized spacial score (nSPS) is 51.9. The van der Waals surface area contributed by atoms with E-state index in [2.05, 4.69) is 55.0 Å². The van der Waals surface area contributed by atoms with E-state index >= 15 is 0 Å². The molecule has 1 nitrogen and oxygen atoms in total. The fraction of sp³-hybridized carbons (Fsp3) is 0.935. The highest BCUT2D eigenvalue weighted by Crippen LogP contribution is 2.89. The molecule has 0 heterocycles. The Morgan fingerprint density at radius 3 is 2.19 bits per heavy atom. The molecule has 5 fully saturated rings. The Kier molecular flexibility index (Phi) is 5.21. The van der Waals surface area contributed by atoms with Gasteiger partial charge in [0.05, 0.1) is 6.10 Å². The zero-order valence-corrected chi connectivity index (χ0v) is 22.4. The Morgan fingerprint density at radius 2 is 1.50 bits per heavy atom. The van der Waals surface area contributed by atoms with Gasteiger partial charge in [0.15, 0.2) is 0 Å². The standard InChI is InChI=1S/C31H52O/c1-20(2)21(3)9-10-22(4)23-13-15-29(8)25-12-11-24-27(5,6)26(32)14-16-30(24)19-31(25,30)18-17-28(23,29)7/h20,22-26,32H,3,9-19H2,1-2,4-8H3/t22-,23-,24+,25+,26+,28+,29+,30+,31-/m1/s1. The highest BCUT2D eigenvalue weighted by atomic mass is 16.3. The van der Waals surface area contributed by atoms with Gasteiger partial charge in [-0.15, -0.1) is 0 Å². The summed E-state index contributed by atoms with van der Waals surface area (Å²) in [6.07, 6.45) is 15.0. The van der Waals surface area contributed by atoms with Crippen molar-refractivity contribution in [1.82, 2.24) is 0 Å². The van der Waals surface area contributed by atoms with Crippen LogP contribution < -0.4 is 0 Å². The maximum Gasteiger partial charge on any atom is 0.0594 e. The average molecular weight is 441 g/mol. The van der Waals surface area contributed by atoms with Gasteiger partial charge in [-0.05, 0) is 127 Å². The number of aliphatic hydroxyl groups is 1. The minimum absolute atomic E-state index is 0.0888. The molecule has 182 valence electrons. The van der Waals surface area contributed by atoms with Crippen LogP contribution in [0.5, 0.6) is 0 Å². The molecule has 5 saturated carbocycles. The summed E-state index contributed by atoms with van der Waals surface area (Å²) in [5.41, 5.74) is 3.79. The van der Waals surface area contributed by atoms with Crippen molar-refractivity contribution in [2.75, 3.05) is 0 Å².